The zero-order valence-electron chi connectivity index (χ0n) is 17.3. The van der Waals surface area contributed by atoms with Gasteiger partial charge in [-0.1, -0.05) is 60.7 Å². The highest BCUT2D eigenvalue weighted by Gasteiger charge is 2.17. The first kappa shape index (κ1) is 17.3. The molecule has 0 atom stereocenters. The van der Waals surface area contributed by atoms with Gasteiger partial charge in [0.1, 0.15) is 5.82 Å². The molecule has 4 aromatic carbocycles. The predicted octanol–water partition coefficient (Wildman–Crippen LogP) is 7.28. The summed E-state index contributed by atoms with van der Waals surface area (Å²) in [5, 5.41) is 4.87. The van der Waals surface area contributed by atoms with Crippen LogP contribution in [-0.2, 0) is 0 Å². The van der Waals surface area contributed by atoms with Gasteiger partial charge in [0.25, 0.3) is 0 Å². The number of fused-ring (bicyclic) bond motifs is 6. The van der Waals surface area contributed by atoms with Crippen LogP contribution in [0.5, 0.6) is 0 Å². The van der Waals surface area contributed by atoms with E-state index in [9.17, 15) is 0 Å². The lowest BCUT2D eigenvalue weighted by Crippen LogP contribution is -1.97. The minimum Gasteiger partial charge on any atom is -0.316 e. The van der Waals surface area contributed by atoms with Crippen LogP contribution in [0.25, 0.3) is 55.1 Å². The Morgan fingerprint density at radius 1 is 0.562 bits per heavy atom. The first-order valence-electron chi connectivity index (χ1n) is 10.8. The van der Waals surface area contributed by atoms with Gasteiger partial charge in [-0.2, -0.15) is 0 Å². The van der Waals surface area contributed by atoms with Crippen LogP contribution in [0.2, 0.25) is 0 Å². The van der Waals surface area contributed by atoms with Crippen molar-refractivity contribution in [2.45, 2.75) is 0 Å². The third-order valence-corrected chi connectivity index (χ3v) is 6.33. The van der Waals surface area contributed by atoms with E-state index in [4.69, 9.17) is 4.98 Å². The number of pyridine rings is 1. The standard InChI is InChI=1S/C29H19N3/c1-2-9-22(10-3-1)31-19-18-21-14-16-26-28(29(21)31)23-11-5-7-13-25(23)32(26)27-17-15-20-8-4-6-12-24(20)30-27/h1-19H. The van der Waals surface area contributed by atoms with Crippen LogP contribution in [0, 0.1) is 0 Å². The summed E-state index contributed by atoms with van der Waals surface area (Å²) in [6.07, 6.45) is 2.17. The molecule has 0 amide bonds. The molecule has 3 heterocycles. The maximum absolute atomic E-state index is 5.02. The number of benzene rings is 4. The van der Waals surface area contributed by atoms with Gasteiger partial charge in [-0.3, -0.25) is 4.57 Å². The topological polar surface area (TPSA) is 22.8 Å². The fourth-order valence-corrected chi connectivity index (χ4v) is 4.91. The normalized spacial score (nSPS) is 11.8. The van der Waals surface area contributed by atoms with E-state index in [2.05, 4.69) is 118 Å². The maximum Gasteiger partial charge on any atom is 0.138 e. The molecule has 32 heavy (non-hydrogen) atoms. The van der Waals surface area contributed by atoms with Gasteiger partial charge in [-0.15, -0.1) is 0 Å². The highest BCUT2D eigenvalue weighted by Crippen LogP contribution is 2.37. The Morgan fingerprint density at radius 3 is 2.28 bits per heavy atom. The average molecular weight is 409 g/mol. The molecule has 0 aliphatic carbocycles. The van der Waals surface area contributed by atoms with Gasteiger partial charge < -0.3 is 4.57 Å². The van der Waals surface area contributed by atoms with E-state index in [1.165, 1.54) is 27.2 Å². The Hall–Kier alpha value is -4.37. The quantitative estimate of drug-likeness (QED) is 0.294. The van der Waals surface area contributed by atoms with Crippen molar-refractivity contribution in [3.05, 3.63) is 115 Å². The summed E-state index contributed by atoms with van der Waals surface area (Å²) in [6, 6.07) is 38.4. The molecule has 0 bridgehead atoms. The molecular weight excluding hydrogens is 390 g/mol. The van der Waals surface area contributed by atoms with Crippen molar-refractivity contribution in [2.75, 3.05) is 0 Å². The first-order chi connectivity index (χ1) is 15.9. The second-order valence-electron chi connectivity index (χ2n) is 8.13. The molecule has 0 saturated carbocycles. The second-order valence-corrected chi connectivity index (χ2v) is 8.13. The first-order valence-corrected chi connectivity index (χ1v) is 10.8. The van der Waals surface area contributed by atoms with E-state index >= 15 is 0 Å². The molecule has 0 saturated heterocycles. The summed E-state index contributed by atoms with van der Waals surface area (Å²) >= 11 is 0. The maximum atomic E-state index is 5.02. The van der Waals surface area contributed by atoms with Crippen LogP contribution in [0.3, 0.4) is 0 Å². The third-order valence-electron chi connectivity index (χ3n) is 6.33. The molecule has 0 aliphatic heterocycles. The molecule has 3 aromatic heterocycles. The summed E-state index contributed by atoms with van der Waals surface area (Å²) < 4.78 is 4.58. The Morgan fingerprint density at radius 2 is 1.34 bits per heavy atom. The summed E-state index contributed by atoms with van der Waals surface area (Å²) in [7, 11) is 0. The molecule has 0 radical (unpaired) electrons. The van der Waals surface area contributed by atoms with Crippen molar-refractivity contribution in [2.24, 2.45) is 0 Å². The second kappa shape index (κ2) is 6.56. The van der Waals surface area contributed by atoms with E-state index < -0.39 is 0 Å². The molecule has 150 valence electrons. The van der Waals surface area contributed by atoms with Crippen LogP contribution >= 0.6 is 0 Å². The molecular formula is C29H19N3. The predicted molar refractivity (Wildman–Crippen MR) is 133 cm³/mol. The number of nitrogens with zero attached hydrogens (tertiary/aromatic N) is 3. The largest absolute Gasteiger partial charge is 0.316 e. The molecule has 7 rings (SSSR count). The van der Waals surface area contributed by atoms with Crippen LogP contribution < -0.4 is 0 Å². The Balaban J connectivity index is 1.64. The van der Waals surface area contributed by atoms with E-state index in [1.807, 2.05) is 6.07 Å². The fourth-order valence-electron chi connectivity index (χ4n) is 4.91. The van der Waals surface area contributed by atoms with Crippen LogP contribution in [0.15, 0.2) is 115 Å². The number of para-hydroxylation sites is 3. The van der Waals surface area contributed by atoms with Crippen LogP contribution in [0.4, 0.5) is 0 Å². The molecule has 0 spiro atoms. The van der Waals surface area contributed by atoms with Gasteiger partial charge in [0, 0.05) is 33.4 Å². The van der Waals surface area contributed by atoms with Gasteiger partial charge in [0.15, 0.2) is 0 Å². The number of rotatable bonds is 2. The third kappa shape index (κ3) is 2.39. The molecule has 0 N–H and O–H groups in total. The Labute approximate surface area is 184 Å². The lowest BCUT2D eigenvalue weighted by atomic mass is 10.1. The molecule has 3 nitrogen and oxygen atoms in total. The number of hydrogen-bond acceptors (Lipinski definition) is 1. The number of hydrogen-bond donors (Lipinski definition) is 0. The highest BCUT2D eigenvalue weighted by molar-refractivity contribution is 6.20. The van der Waals surface area contributed by atoms with Gasteiger partial charge >= 0.3 is 0 Å². The monoisotopic (exact) mass is 409 g/mol. The zero-order chi connectivity index (χ0) is 21.1. The van der Waals surface area contributed by atoms with E-state index in [0.717, 1.165) is 27.9 Å². The van der Waals surface area contributed by atoms with Crippen molar-refractivity contribution in [1.29, 1.82) is 0 Å². The van der Waals surface area contributed by atoms with Crippen molar-refractivity contribution < 1.29 is 0 Å². The summed E-state index contributed by atoms with van der Waals surface area (Å²) in [5.41, 5.74) is 5.72. The Kier molecular flexibility index (Phi) is 3.55. The zero-order valence-corrected chi connectivity index (χ0v) is 17.3. The van der Waals surface area contributed by atoms with Gasteiger partial charge in [-0.05, 0) is 48.5 Å². The minimum atomic E-state index is 0.937. The van der Waals surface area contributed by atoms with Gasteiger partial charge in [0.05, 0.1) is 22.1 Å². The fraction of sp³-hybridized carbons (Fsp3) is 0. The van der Waals surface area contributed by atoms with Crippen molar-refractivity contribution in [3.63, 3.8) is 0 Å². The Bertz CT molecular complexity index is 1770. The van der Waals surface area contributed by atoms with Crippen LogP contribution in [-0.4, -0.2) is 14.1 Å². The van der Waals surface area contributed by atoms with Gasteiger partial charge in [-0.25, -0.2) is 4.98 Å². The molecule has 0 fully saturated rings. The van der Waals surface area contributed by atoms with E-state index in [-0.39, 0.29) is 0 Å². The van der Waals surface area contributed by atoms with Gasteiger partial charge in [0.2, 0.25) is 0 Å². The molecule has 0 aliphatic rings. The van der Waals surface area contributed by atoms with Crippen LogP contribution in [0.1, 0.15) is 0 Å². The van der Waals surface area contributed by atoms with Crippen molar-refractivity contribution in [3.8, 4) is 11.5 Å². The smallest absolute Gasteiger partial charge is 0.138 e. The molecule has 0 unspecified atom stereocenters. The number of aromatic nitrogens is 3. The van der Waals surface area contributed by atoms with E-state index in [0.29, 0.717) is 0 Å². The summed E-state index contributed by atoms with van der Waals surface area (Å²) in [4.78, 5) is 5.02. The lowest BCUT2D eigenvalue weighted by molar-refractivity contribution is 1.10. The van der Waals surface area contributed by atoms with Crippen molar-refractivity contribution >= 4 is 43.6 Å². The van der Waals surface area contributed by atoms with Crippen molar-refractivity contribution in [1.82, 2.24) is 14.1 Å². The molecule has 7 aromatic rings. The summed E-state index contributed by atoms with van der Waals surface area (Å²) in [6.45, 7) is 0. The lowest BCUT2D eigenvalue weighted by Gasteiger charge is -2.09. The summed E-state index contributed by atoms with van der Waals surface area (Å²) in [5.74, 6) is 0.937. The van der Waals surface area contributed by atoms with E-state index in [1.54, 1.807) is 0 Å². The minimum absolute atomic E-state index is 0.937. The highest BCUT2D eigenvalue weighted by atomic mass is 15.1. The molecule has 3 heteroatoms. The SMILES string of the molecule is c1ccc(-n2ccc3ccc4c(c5ccccc5n4-c4ccc5ccccc5n4)c32)cc1. The average Bonchev–Trinajstić information content (AvgIpc) is 3.43.